The minimum absolute atomic E-state index is 0.0512. The molecule has 630 valence electrons. The number of anilines is 6. The van der Waals surface area contributed by atoms with Crippen molar-refractivity contribution in [2.45, 2.75) is 236 Å². The molecule has 0 saturated heterocycles. The van der Waals surface area contributed by atoms with Crippen LogP contribution in [-0.2, 0) is 48.7 Å². The molecule has 16 aromatic rings. The van der Waals surface area contributed by atoms with Crippen molar-refractivity contribution in [1.82, 2.24) is 9.13 Å². The molecule has 2 aliphatic heterocycles. The molecule has 0 unspecified atom stereocenters. The number of nitrogens with zero attached hydrogens (tertiary/aromatic N) is 4. The molecule has 0 N–H and O–H groups in total. The molecule has 125 heavy (non-hydrogen) atoms. The smallest absolute Gasteiger partial charge is 0.252 e. The Morgan fingerprint density at radius 2 is 0.520 bits per heavy atom. The number of rotatable bonds is 9. The molecule has 5 heteroatoms. The fourth-order valence-corrected chi connectivity index (χ4v) is 16.7. The van der Waals surface area contributed by atoms with Crippen molar-refractivity contribution < 1.29 is 46.6 Å². The zero-order valence-corrected chi connectivity index (χ0v) is 76.8. The van der Waals surface area contributed by atoms with Crippen LogP contribution in [0.4, 0.5) is 34.1 Å². The van der Waals surface area contributed by atoms with Crippen LogP contribution in [0.25, 0.3) is 111 Å². The summed E-state index contributed by atoms with van der Waals surface area (Å²) in [5.74, 6) is 0. The van der Waals surface area contributed by atoms with Gasteiger partial charge in [0.05, 0.1) is 80.0 Å². The van der Waals surface area contributed by atoms with Gasteiger partial charge in [0.1, 0.15) is 0 Å². The number of aromatic nitrogens is 2. The van der Waals surface area contributed by atoms with Crippen LogP contribution >= 0.6 is 0 Å². The van der Waals surface area contributed by atoms with Gasteiger partial charge in [-0.15, -0.1) is 0 Å². The topological polar surface area (TPSA) is 16.3 Å². The molecule has 4 nitrogen and oxygen atoms in total. The van der Waals surface area contributed by atoms with E-state index in [0.717, 1.165) is 0 Å². The number of fused-ring (bicyclic) bond motifs is 10. The summed E-state index contributed by atoms with van der Waals surface area (Å²) < 4.78 is 359. The first-order chi connectivity index (χ1) is 72.9. The third-order valence-corrected chi connectivity index (χ3v) is 23.8. The summed E-state index contributed by atoms with van der Waals surface area (Å²) in [6.45, 7) is 46.4. The third kappa shape index (κ3) is 15.0. The summed E-state index contributed by atoms with van der Waals surface area (Å²) in [7, 11) is 0. The third-order valence-electron chi connectivity index (χ3n) is 23.8. The second-order valence-corrected chi connectivity index (χ2v) is 42.9. The van der Waals surface area contributed by atoms with Gasteiger partial charge in [0, 0.05) is 77.9 Å². The molecule has 18 rings (SSSR count). The molecule has 0 aliphatic carbocycles. The van der Waals surface area contributed by atoms with Crippen LogP contribution in [0.15, 0.2) is 278 Å². The first kappa shape index (κ1) is 53.0. The Bertz CT molecular complexity index is 8420. The summed E-state index contributed by atoms with van der Waals surface area (Å²) in [5.41, 5.74) is -16.5. The van der Waals surface area contributed by atoms with Crippen molar-refractivity contribution in [3.05, 3.63) is 328 Å². The van der Waals surface area contributed by atoms with Crippen LogP contribution in [0.5, 0.6) is 0 Å². The van der Waals surface area contributed by atoms with E-state index in [1.807, 2.05) is 39.0 Å². The predicted octanol–water partition coefficient (Wildman–Crippen LogP) is 32.0. The second-order valence-electron chi connectivity index (χ2n) is 42.9. The Labute approximate surface area is 794 Å². The van der Waals surface area contributed by atoms with Crippen LogP contribution in [0.3, 0.4) is 0 Å². The first-order valence-corrected chi connectivity index (χ1v) is 43.0. The van der Waals surface area contributed by atoms with E-state index in [1.54, 1.807) is 206 Å². The van der Waals surface area contributed by atoms with Gasteiger partial charge in [-0.05, 0) is 233 Å². The van der Waals surface area contributed by atoms with Gasteiger partial charge >= 0.3 is 0 Å². The van der Waals surface area contributed by atoms with Crippen molar-refractivity contribution in [3.63, 3.8) is 0 Å². The van der Waals surface area contributed by atoms with E-state index in [9.17, 15) is 46.6 Å². The molecule has 0 amide bonds. The molecular weight excluding hydrogens is 1510 g/mol. The van der Waals surface area contributed by atoms with Gasteiger partial charge in [-0.2, -0.15) is 0 Å². The fourth-order valence-electron chi connectivity index (χ4n) is 16.7. The normalized spacial score (nSPS) is 17.5. The molecular formula is C120H127BN4. The van der Waals surface area contributed by atoms with E-state index in [1.165, 1.54) is 33.4 Å². The van der Waals surface area contributed by atoms with E-state index in [2.05, 4.69) is 0 Å². The molecule has 0 saturated carbocycles. The SMILES string of the molecule is [2H]c1c([2H])c(C(C)(C)C)c([2H])c([2H])c1-c1c([2H])c(C(C)(C)C)c([2H])c(-c2c([2H])c(C(C)(C)C)c([2H])c(C(C)(C)C)c2[2H])c1N1c2cc(-n3c4c([2H])c([2H])c([2H])c([2H])c4c4c([2H])c([2H])c([2H])c([2H])c43)ccc2B2c3ccc(-n4c5c([2H])c([2H])c([2H])c([2H])c5c5c([2H])c([2H])c([2H])c([2H])c54)cc3N(c3c(-c4c([2H])c([2H])c(C(C)(C)C)c([2H])c4[2H])c([2H])c(C(C)(C)C)c([2H])c3-c3c([2H])c(C(C)(C)C)c([2H])c(C(C)(C)C)c3[2H])c3cc(-c4cccc(C(C)(C)C)c4)cc1c32. The van der Waals surface area contributed by atoms with Crippen molar-refractivity contribution in [2.24, 2.45) is 0 Å². The van der Waals surface area contributed by atoms with Crippen LogP contribution < -0.4 is 26.2 Å². The first-order valence-electron chi connectivity index (χ1n) is 60.0. The largest absolute Gasteiger partial charge is 0.310 e. The van der Waals surface area contributed by atoms with E-state index in [0.29, 0.717) is 11.1 Å². The number of hydrogen-bond acceptors (Lipinski definition) is 2. The lowest BCUT2D eigenvalue weighted by molar-refractivity contribution is 0.568. The van der Waals surface area contributed by atoms with Gasteiger partial charge in [0.25, 0.3) is 6.71 Å². The van der Waals surface area contributed by atoms with E-state index in [-0.39, 0.29) is 167 Å². The molecule has 0 atom stereocenters. The Hall–Kier alpha value is -11.7. The van der Waals surface area contributed by atoms with E-state index < -0.39 is 294 Å². The maximum Gasteiger partial charge on any atom is 0.252 e. The summed E-state index contributed by atoms with van der Waals surface area (Å²) in [6.07, 6.45) is 0. The fraction of sp³-hybridized carbons (Fsp3) is 0.300. The Balaban J connectivity index is 1.24. The highest BCUT2D eigenvalue weighted by Crippen LogP contribution is 2.58. The summed E-state index contributed by atoms with van der Waals surface area (Å²) >= 11 is 0. The van der Waals surface area contributed by atoms with Crippen molar-refractivity contribution in [3.8, 4) is 67.0 Å². The molecule has 4 heterocycles. The van der Waals surface area contributed by atoms with Crippen LogP contribution in [0.2, 0.25) is 0 Å². The standard InChI is InChI=1S/C120H127BN4/c1-112(2,3)80-51-47-74(48-52-80)95-68-87(119(22,23)24)70-97(78-60-83(115(10,11)12)66-84(61-78)116(13,14)15)110(95)124-105-72-89(122-101-43-32-28-39-91(101)92-40-29-33-44-102(92)122)55-57-99(105)121-100-58-56-90(123-103-45-34-30-41-93(103)94-42-31-35-46-104(94)123)73-106(100)125(108-65-77(64-107(124)109(108)121)76-37-36-38-82(59-76)114(7,8)9)111-96(75-49-53-81(54-50-75)113(4,5)6)69-88(120(25,26)27)71-98(111)79-62-85(117(16,17)18)67-86(63-79)118(19,20)21/h28-73H,1-27H3/i28D,29D,30D,31D,32D,33D,34D,35D,39D,40D,41D,42D,43D,44D,45D,46D,47D,48D,49D,50D,51D,52D,53D,54D,60D,61D,62D,63D,66D,67D,68D,69D,70D,71D. The summed E-state index contributed by atoms with van der Waals surface area (Å²) in [5, 5.41) is -1.42. The highest BCUT2D eigenvalue weighted by molar-refractivity contribution is 7.00. The van der Waals surface area contributed by atoms with E-state index in [4.69, 9.17) is 0 Å². The molecule has 2 aliphatic rings. The highest BCUT2D eigenvalue weighted by atomic mass is 15.2. The zero-order chi connectivity index (χ0) is 118. The molecule has 0 bridgehead atoms. The summed E-state index contributed by atoms with van der Waals surface area (Å²) in [4.78, 5) is 3.17. The number of benzene rings is 14. The Morgan fingerprint density at radius 1 is 0.232 bits per heavy atom. The number of hydrogen-bond donors (Lipinski definition) is 0. The van der Waals surface area contributed by atoms with Gasteiger partial charge in [0.2, 0.25) is 0 Å². The Kier molecular flexibility index (Phi) is 12.5. The van der Waals surface area contributed by atoms with Crippen LogP contribution in [-0.4, -0.2) is 15.8 Å². The van der Waals surface area contributed by atoms with Gasteiger partial charge < -0.3 is 18.9 Å². The molecule has 0 radical (unpaired) electrons. The lowest BCUT2D eigenvalue weighted by atomic mass is 9.33. The molecule has 0 fully saturated rings. The van der Waals surface area contributed by atoms with E-state index >= 15 is 0 Å². The maximum atomic E-state index is 11.9. The van der Waals surface area contributed by atoms with Crippen molar-refractivity contribution in [2.75, 3.05) is 9.80 Å². The van der Waals surface area contributed by atoms with Gasteiger partial charge in [-0.3, -0.25) is 0 Å². The van der Waals surface area contributed by atoms with Crippen LogP contribution in [0.1, 0.15) is 284 Å². The van der Waals surface area contributed by atoms with Crippen molar-refractivity contribution >= 4 is 101 Å². The second kappa shape index (κ2) is 29.5. The van der Waals surface area contributed by atoms with Gasteiger partial charge in [-0.25, -0.2) is 0 Å². The average molecular weight is 1670 g/mol. The molecule has 14 aromatic carbocycles. The van der Waals surface area contributed by atoms with Crippen LogP contribution in [0, 0.1) is 0 Å². The maximum absolute atomic E-state index is 11.9. The monoisotopic (exact) mass is 1670 g/mol. The van der Waals surface area contributed by atoms with Crippen molar-refractivity contribution in [1.29, 1.82) is 0 Å². The molecule has 2 aromatic heterocycles. The highest BCUT2D eigenvalue weighted by Gasteiger charge is 2.47. The number of para-hydroxylation sites is 4. The minimum atomic E-state index is -1.56. The lowest BCUT2D eigenvalue weighted by Crippen LogP contribution is -2.61. The van der Waals surface area contributed by atoms with Gasteiger partial charge in [-0.1, -0.05) is 380 Å². The molecule has 0 spiro atoms. The Morgan fingerprint density at radius 3 is 0.824 bits per heavy atom. The average Bonchev–Trinajstić information content (AvgIpc) is 1.21. The predicted molar refractivity (Wildman–Crippen MR) is 545 cm³/mol. The quantitative estimate of drug-likeness (QED) is 0.134. The minimum Gasteiger partial charge on any atom is -0.310 e. The van der Waals surface area contributed by atoms with Gasteiger partial charge in [0.15, 0.2) is 0 Å². The summed E-state index contributed by atoms with van der Waals surface area (Å²) in [6, 6.07) is -1.82. The lowest BCUT2D eigenvalue weighted by Gasteiger charge is -2.46. The zero-order valence-electron chi connectivity index (χ0n) is 111.